The van der Waals surface area contributed by atoms with Gasteiger partial charge in [0, 0.05) is 42.5 Å². The molecular weight excluding hydrogens is 456 g/mol. The van der Waals surface area contributed by atoms with Crippen molar-refractivity contribution in [1.82, 2.24) is 24.1 Å². The van der Waals surface area contributed by atoms with Gasteiger partial charge in [0.2, 0.25) is 10.0 Å². The molecule has 1 saturated heterocycles. The van der Waals surface area contributed by atoms with Gasteiger partial charge in [0.15, 0.2) is 0 Å². The van der Waals surface area contributed by atoms with Gasteiger partial charge >= 0.3 is 0 Å². The lowest BCUT2D eigenvalue weighted by molar-refractivity contribution is 0.102. The maximum atomic E-state index is 13.2. The largest absolute Gasteiger partial charge is 0.495 e. The number of ether oxygens (including phenoxy) is 1. The van der Waals surface area contributed by atoms with Gasteiger partial charge in [-0.2, -0.15) is 14.1 Å². The fourth-order valence-electron chi connectivity index (χ4n) is 3.67. The number of sulfonamides is 1. The zero-order chi connectivity index (χ0) is 24.5. The van der Waals surface area contributed by atoms with E-state index in [4.69, 9.17) is 4.74 Å². The predicted octanol–water partition coefficient (Wildman–Crippen LogP) is 3.01. The van der Waals surface area contributed by atoms with Gasteiger partial charge in [0.1, 0.15) is 16.5 Å². The normalized spacial score (nSPS) is 14.8. The molecule has 0 bridgehead atoms. The van der Waals surface area contributed by atoms with Crippen molar-refractivity contribution < 1.29 is 17.9 Å². The molecule has 4 rings (SSSR count). The molecule has 34 heavy (non-hydrogen) atoms. The van der Waals surface area contributed by atoms with Gasteiger partial charge in [-0.3, -0.25) is 4.79 Å². The van der Waals surface area contributed by atoms with E-state index in [9.17, 15) is 13.2 Å². The molecule has 0 unspecified atom stereocenters. The summed E-state index contributed by atoms with van der Waals surface area (Å²) in [6.07, 6.45) is 4.80. The number of hydrogen-bond donors (Lipinski definition) is 1. The summed E-state index contributed by atoms with van der Waals surface area (Å²) in [4.78, 5) is 21.7. The average Bonchev–Trinajstić information content (AvgIpc) is 3.50. The number of nitrogens with one attached hydrogen (secondary N) is 1. The average molecular weight is 485 g/mol. The summed E-state index contributed by atoms with van der Waals surface area (Å²) in [5.74, 6) is 0.389. The summed E-state index contributed by atoms with van der Waals surface area (Å²) in [7, 11) is -2.38. The van der Waals surface area contributed by atoms with E-state index in [1.165, 1.54) is 34.3 Å². The highest BCUT2D eigenvalue weighted by atomic mass is 32.2. The van der Waals surface area contributed by atoms with Crippen molar-refractivity contribution in [2.24, 2.45) is 0 Å². The highest BCUT2D eigenvalue weighted by Crippen LogP contribution is 2.31. The number of nitrogens with zero attached hydrogens (tertiary/aromatic N) is 5. The lowest BCUT2D eigenvalue weighted by atomic mass is 9.92. The minimum absolute atomic E-state index is 0.0279. The molecule has 0 spiro atoms. The Morgan fingerprint density at radius 1 is 1.09 bits per heavy atom. The molecule has 1 N–H and O–H groups in total. The minimum atomic E-state index is -3.79. The number of anilines is 1. The second kappa shape index (κ2) is 9.15. The first kappa shape index (κ1) is 23.8. The zero-order valence-electron chi connectivity index (χ0n) is 19.6. The SMILES string of the molecule is COc1ccc(C(=O)Nc2cc(C(C)(C)C)nn2-c2ncccn2)cc1S(=O)(=O)N1CCCC1. The van der Waals surface area contributed by atoms with Gasteiger partial charge in [0.05, 0.1) is 12.8 Å². The van der Waals surface area contributed by atoms with Crippen molar-refractivity contribution in [2.45, 2.75) is 43.9 Å². The molecule has 180 valence electrons. The molecule has 0 radical (unpaired) electrons. The summed E-state index contributed by atoms with van der Waals surface area (Å²) in [6.45, 7) is 6.93. The first-order chi connectivity index (χ1) is 16.1. The van der Waals surface area contributed by atoms with E-state index < -0.39 is 15.9 Å². The van der Waals surface area contributed by atoms with E-state index >= 15 is 0 Å². The molecule has 1 amide bonds. The van der Waals surface area contributed by atoms with Crippen LogP contribution in [0.4, 0.5) is 5.82 Å². The summed E-state index contributed by atoms with van der Waals surface area (Å²) in [5.41, 5.74) is 0.635. The van der Waals surface area contributed by atoms with Gasteiger partial charge in [-0.25, -0.2) is 18.4 Å². The van der Waals surface area contributed by atoms with Crippen molar-refractivity contribution in [3.05, 3.63) is 54.0 Å². The van der Waals surface area contributed by atoms with Gasteiger partial charge in [-0.15, -0.1) is 0 Å². The fourth-order valence-corrected chi connectivity index (χ4v) is 5.36. The van der Waals surface area contributed by atoms with Gasteiger partial charge in [-0.05, 0) is 37.1 Å². The number of hydrogen-bond acceptors (Lipinski definition) is 7. The molecule has 0 atom stereocenters. The predicted molar refractivity (Wildman–Crippen MR) is 127 cm³/mol. The van der Waals surface area contributed by atoms with Crippen LogP contribution < -0.4 is 10.1 Å². The van der Waals surface area contributed by atoms with Crippen LogP contribution >= 0.6 is 0 Å². The fraction of sp³-hybridized carbons (Fsp3) is 0.391. The second-order valence-corrected chi connectivity index (χ2v) is 11.0. The molecule has 2 aromatic heterocycles. The van der Waals surface area contributed by atoms with Crippen LogP contribution in [-0.4, -0.2) is 58.6 Å². The standard InChI is InChI=1S/C23H28N6O4S/c1-23(2,3)19-15-20(29(27-19)22-24-10-7-11-25-22)26-21(30)16-8-9-17(33-4)18(14-16)34(31,32)28-12-5-6-13-28/h7-11,14-15H,5-6,12-13H2,1-4H3,(H,26,30). The quantitative estimate of drug-likeness (QED) is 0.571. The molecule has 0 saturated carbocycles. The summed E-state index contributed by atoms with van der Waals surface area (Å²) >= 11 is 0. The van der Waals surface area contributed by atoms with Crippen molar-refractivity contribution in [1.29, 1.82) is 0 Å². The third-order valence-corrected chi connectivity index (χ3v) is 7.49. The Labute approximate surface area is 199 Å². The number of carbonyl (C=O) groups excluding carboxylic acids is 1. The number of carbonyl (C=O) groups is 1. The Hall–Kier alpha value is -3.31. The van der Waals surface area contributed by atoms with Crippen molar-refractivity contribution in [3.8, 4) is 11.7 Å². The van der Waals surface area contributed by atoms with Crippen LogP contribution in [0.25, 0.3) is 5.95 Å². The number of rotatable bonds is 6. The molecular formula is C23H28N6O4S. The molecule has 10 nitrogen and oxygen atoms in total. The molecule has 3 aromatic rings. The third-order valence-electron chi connectivity index (χ3n) is 5.57. The maximum Gasteiger partial charge on any atom is 0.256 e. The lowest BCUT2D eigenvalue weighted by Gasteiger charge is -2.18. The highest BCUT2D eigenvalue weighted by Gasteiger charge is 2.31. The summed E-state index contributed by atoms with van der Waals surface area (Å²) < 4.78 is 34.5. The first-order valence-corrected chi connectivity index (χ1v) is 12.4. The topological polar surface area (TPSA) is 119 Å². The Morgan fingerprint density at radius 3 is 2.38 bits per heavy atom. The van der Waals surface area contributed by atoms with Crippen molar-refractivity contribution in [2.75, 3.05) is 25.5 Å². The van der Waals surface area contributed by atoms with E-state index in [2.05, 4.69) is 20.4 Å². The van der Waals surface area contributed by atoms with Gasteiger partial charge in [-0.1, -0.05) is 20.8 Å². The highest BCUT2D eigenvalue weighted by molar-refractivity contribution is 7.89. The Morgan fingerprint density at radius 2 is 1.76 bits per heavy atom. The number of methoxy groups -OCH3 is 1. The third kappa shape index (κ3) is 4.66. The van der Waals surface area contributed by atoms with Crippen LogP contribution in [0.5, 0.6) is 5.75 Å². The van der Waals surface area contributed by atoms with E-state index in [0.29, 0.717) is 24.9 Å². The monoisotopic (exact) mass is 484 g/mol. The molecule has 3 heterocycles. The zero-order valence-corrected chi connectivity index (χ0v) is 20.5. The van der Waals surface area contributed by atoms with Crippen molar-refractivity contribution >= 4 is 21.7 Å². The van der Waals surface area contributed by atoms with Crippen LogP contribution in [-0.2, 0) is 15.4 Å². The summed E-state index contributed by atoms with van der Waals surface area (Å²) in [6, 6.07) is 7.83. The smallest absolute Gasteiger partial charge is 0.256 e. The minimum Gasteiger partial charge on any atom is -0.495 e. The van der Waals surface area contributed by atoms with Gasteiger partial charge < -0.3 is 10.1 Å². The lowest BCUT2D eigenvalue weighted by Crippen LogP contribution is -2.28. The first-order valence-electron chi connectivity index (χ1n) is 11.0. The van der Waals surface area contributed by atoms with Crippen LogP contribution in [0.2, 0.25) is 0 Å². The van der Waals surface area contributed by atoms with Crippen LogP contribution in [0.3, 0.4) is 0 Å². The molecule has 1 aromatic carbocycles. The van der Waals surface area contributed by atoms with Crippen molar-refractivity contribution in [3.63, 3.8) is 0 Å². The number of benzene rings is 1. The Balaban J connectivity index is 1.70. The number of aromatic nitrogens is 4. The van der Waals surface area contributed by atoms with Crippen LogP contribution in [0.15, 0.2) is 47.6 Å². The maximum absolute atomic E-state index is 13.2. The van der Waals surface area contributed by atoms with E-state index in [-0.39, 0.29) is 21.6 Å². The molecule has 0 aliphatic carbocycles. The van der Waals surface area contributed by atoms with Gasteiger partial charge in [0.25, 0.3) is 11.9 Å². The molecule has 1 aliphatic rings. The van der Waals surface area contributed by atoms with Crippen LogP contribution in [0.1, 0.15) is 49.7 Å². The van der Waals surface area contributed by atoms with E-state index in [1.54, 1.807) is 24.5 Å². The Bertz CT molecular complexity index is 1290. The second-order valence-electron chi connectivity index (χ2n) is 9.06. The summed E-state index contributed by atoms with van der Waals surface area (Å²) in [5, 5.41) is 7.43. The molecule has 11 heteroatoms. The van der Waals surface area contributed by atoms with E-state index in [0.717, 1.165) is 18.5 Å². The number of amides is 1. The Kier molecular flexibility index (Phi) is 6.41. The van der Waals surface area contributed by atoms with E-state index in [1.807, 2.05) is 20.8 Å². The molecule has 1 fully saturated rings. The molecule has 1 aliphatic heterocycles. The van der Waals surface area contributed by atoms with Crippen LogP contribution in [0, 0.1) is 0 Å².